The van der Waals surface area contributed by atoms with Crippen molar-refractivity contribution in [2.45, 2.75) is 6.54 Å². The van der Waals surface area contributed by atoms with Crippen LogP contribution in [0.3, 0.4) is 0 Å². The van der Waals surface area contributed by atoms with Crippen LogP contribution in [-0.4, -0.2) is 52.0 Å². The fourth-order valence-corrected chi connectivity index (χ4v) is 3.86. The van der Waals surface area contributed by atoms with Gasteiger partial charge in [-0.25, -0.2) is 9.67 Å². The number of carbonyl (C=O) groups is 1. The predicted molar refractivity (Wildman–Crippen MR) is 135 cm³/mol. The molecule has 4 aromatic rings. The van der Waals surface area contributed by atoms with E-state index in [0.29, 0.717) is 6.54 Å². The molecule has 176 valence electrons. The summed E-state index contributed by atoms with van der Waals surface area (Å²) in [5.41, 5.74) is 4.35. The number of morpholine rings is 1. The summed E-state index contributed by atoms with van der Waals surface area (Å²) < 4.78 is 7.20. The van der Waals surface area contributed by atoms with Crippen molar-refractivity contribution in [3.63, 3.8) is 0 Å². The van der Waals surface area contributed by atoms with Crippen LogP contribution < -0.4 is 10.2 Å². The number of hydrogen-bond acceptors (Lipinski definition) is 6. The van der Waals surface area contributed by atoms with Gasteiger partial charge in [0.15, 0.2) is 0 Å². The predicted octanol–water partition coefficient (Wildman–Crippen LogP) is 3.50. The molecule has 8 nitrogen and oxygen atoms in total. The maximum Gasteiger partial charge on any atom is 0.244 e. The zero-order valence-corrected chi connectivity index (χ0v) is 19.2. The zero-order valence-electron chi connectivity index (χ0n) is 19.2. The Labute approximate surface area is 203 Å². The van der Waals surface area contributed by atoms with Crippen molar-refractivity contribution in [1.29, 1.82) is 0 Å². The summed E-state index contributed by atoms with van der Waals surface area (Å²) in [4.78, 5) is 23.5. The van der Waals surface area contributed by atoms with Gasteiger partial charge in [-0.05, 0) is 42.0 Å². The third kappa shape index (κ3) is 5.62. The lowest BCUT2D eigenvalue weighted by Crippen LogP contribution is -2.36. The number of nitrogens with one attached hydrogen (secondary N) is 1. The lowest BCUT2D eigenvalue weighted by atomic mass is 10.1. The van der Waals surface area contributed by atoms with Crippen LogP contribution in [0.4, 0.5) is 5.82 Å². The second-order valence-corrected chi connectivity index (χ2v) is 8.13. The lowest BCUT2D eigenvalue weighted by molar-refractivity contribution is -0.116. The van der Waals surface area contributed by atoms with E-state index in [-0.39, 0.29) is 5.91 Å². The molecule has 0 atom stereocenters. The Balaban J connectivity index is 1.26. The second kappa shape index (κ2) is 10.8. The van der Waals surface area contributed by atoms with Crippen LogP contribution in [-0.2, 0) is 16.1 Å². The number of benzene rings is 1. The van der Waals surface area contributed by atoms with Crippen LogP contribution in [0.1, 0.15) is 11.1 Å². The third-order valence-corrected chi connectivity index (χ3v) is 5.72. The number of carbonyl (C=O) groups excluding carboxylic acids is 1. The van der Waals surface area contributed by atoms with Crippen LogP contribution in [0.2, 0.25) is 0 Å². The topological polar surface area (TPSA) is 85.2 Å². The molecular weight excluding hydrogens is 440 g/mol. The Morgan fingerprint density at radius 3 is 2.63 bits per heavy atom. The van der Waals surface area contributed by atoms with E-state index in [1.165, 1.54) is 6.08 Å². The molecule has 1 aliphatic rings. The summed E-state index contributed by atoms with van der Waals surface area (Å²) in [6, 6.07) is 17.7. The van der Waals surface area contributed by atoms with Crippen molar-refractivity contribution in [1.82, 2.24) is 25.1 Å². The van der Waals surface area contributed by atoms with Gasteiger partial charge in [-0.3, -0.25) is 9.78 Å². The van der Waals surface area contributed by atoms with Gasteiger partial charge in [0.1, 0.15) is 11.5 Å². The smallest absolute Gasteiger partial charge is 0.244 e. The molecule has 1 amide bonds. The lowest BCUT2D eigenvalue weighted by Gasteiger charge is -2.27. The second-order valence-electron chi connectivity index (χ2n) is 8.13. The van der Waals surface area contributed by atoms with Gasteiger partial charge in [-0.15, -0.1) is 0 Å². The van der Waals surface area contributed by atoms with E-state index >= 15 is 0 Å². The van der Waals surface area contributed by atoms with Crippen LogP contribution in [0.5, 0.6) is 0 Å². The van der Waals surface area contributed by atoms with Crippen molar-refractivity contribution in [3.05, 3.63) is 96.6 Å². The Hall–Kier alpha value is -4.30. The molecule has 0 saturated carbocycles. The first-order chi connectivity index (χ1) is 17.3. The van der Waals surface area contributed by atoms with E-state index in [4.69, 9.17) is 9.84 Å². The highest BCUT2D eigenvalue weighted by molar-refractivity contribution is 5.92. The number of ether oxygens (including phenoxy) is 1. The number of nitrogens with zero attached hydrogens (tertiary/aromatic N) is 5. The van der Waals surface area contributed by atoms with Crippen LogP contribution in [0.25, 0.3) is 23.0 Å². The maximum atomic E-state index is 12.5. The quantitative estimate of drug-likeness (QED) is 0.420. The number of anilines is 1. The Morgan fingerprint density at radius 2 is 1.89 bits per heavy atom. The normalized spacial score (nSPS) is 13.8. The van der Waals surface area contributed by atoms with Gasteiger partial charge in [0.05, 0.1) is 18.9 Å². The highest BCUT2D eigenvalue weighted by atomic mass is 16.5. The minimum absolute atomic E-state index is 0.188. The fraction of sp³-hybridized carbons (Fsp3) is 0.185. The summed E-state index contributed by atoms with van der Waals surface area (Å²) in [5.74, 6) is 0.744. The van der Waals surface area contributed by atoms with Crippen LogP contribution >= 0.6 is 0 Å². The first-order valence-electron chi connectivity index (χ1n) is 11.6. The molecule has 0 bridgehead atoms. The number of rotatable bonds is 7. The van der Waals surface area contributed by atoms with Gasteiger partial charge in [-0.2, -0.15) is 5.10 Å². The summed E-state index contributed by atoms with van der Waals surface area (Å²) >= 11 is 0. The first kappa shape index (κ1) is 22.5. The molecule has 0 spiro atoms. The average Bonchev–Trinajstić information content (AvgIpc) is 3.37. The molecule has 4 heterocycles. The van der Waals surface area contributed by atoms with Gasteiger partial charge >= 0.3 is 0 Å². The van der Waals surface area contributed by atoms with E-state index in [1.54, 1.807) is 24.7 Å². The third-order valence-electron chi connectivity index (χ3n) is 5.72. The van der Waals surface area contributed by atoms with Crippen molar-refractivity contribution < 1.29 is 9.53 Å². The van der Waals surface area contributed by atoms with Gasteiger partial charge in [0, 0.05) is 61.6 Å². The SMILES string of the molecule is O=C(/C=C/c1cn(-c2ccccc2)nc1-c1cccnc1)NCc1ccc(N2CCOCC2)nc1. The summed E-state index contributed by atoms with van der Waals surface area (Å²) in [6.45, 7) is 3.53. The Morgan fingerprint density at radius 1 is 1.03 bits per heavy atom. The molecule has 35 heavy (non-hydrogen) atoms. The van der Waals surface area contributed by atoms with E-state index in [2.05, 4.69) is 20.2 Å². The van der Waals surface area contributed by atoms with E-state index in [0.717, 1.165) is 60.2 Å². The minimum atomic E-state index is -0.188. The fourth-order valence-electron chi connectivity index (χ4n) is 3.86. The van der Waals surface area contributed by atoms with Crippen molar-refractivity contribution in [3.8, 4) is 16.9 Å². The number of hydrogen-bond donors (Lipinski definition) is 1. The van der Waals surface area contributed by atoms with Crippen molar-refractivity contribution in [2.24, 2.45) is 0 Å². The molecule has 0 radical (unpaired) electrons. The Kier molecular flexibility index (Phi) is 6.91. The molecule has 0 unspecified atom stereocenters. The molecule has 8 heteroatoms. The largest absolute Gasteiger partial charge is 0.378 e. The molecule has 1 saturated heterocycles. The molecular formula is C27H26N6O2. The van der Waals surface area contributed by atoms with E-state index in [1.807, 2.05) is 65.5 Å². The van der Waals surface area contributed by atoms with Crippen molar-refractivity contribution >= 4 is 17.8 Å². The summed E-state index contributed by atoms with van der Waals surface area (Å²) in [6.07, 6.45) is 10.5. The van der Waals surface area contributed by atoms with Crippen LogP contribution in [0, 0.1) is 0 Å². The molecule has 5 rings (SSSR count). The summed E-state index contributed by atoms with van der Waals surface area (Å²) in [7, 11) is 0. The minimum Gasteiger partial charge on any atom is -0.378 e. The highest BCUT2D eigenvalue weighted by Crippen LogP contribution is 2.24. The van der Waals surface area contributed by atoms with Gasteiger partial charge < -0.3 is 15.0 Å². The highest BCUT2D eigenvalue weighted by Gasteiger charge is 2.13. The van der Waals surface area contributed by atoms with Crippen LogP contribution in [0.15, 0.2) is 85.5 Å². The van der Waals surface area contributed by atoms with Gasteiger partial charge in [0.2, 0.25) is 5.91 Å². The molecule has 3 aromatic heterocycles. The number of pyridine rings is 2. The molecule has 1 aromatic carbocycles. The van der Waals surface area contributed by atoms with Crippen molar-refractivity contribution in [2.75, 3.05) is 31.2 Å². The standard InChI is InChI=1S/C27H26N6O2/c34-26(30-18-21-8-10-25(29-17-21)32-13-15-35-16-14-32)11-9-23-20-33(24-6-2-1-3-7-24)31-27(23)22-5-4-12-28-19-22/h1-12,17,19-20H,13-16,18H2,(H,30,34)/b11-9+. The monoisotopic (exact) mass is 466 g/mol. The number of aromatic nitrogens is 4. The Bertz CT molecular complexity index is 1280. The number of para-hydroxylation sites is 1. The summed E-state index contributed by atoms with van der Waals surface area (Å²) in [5, 5.41) is 7.67. The maximum absolute atomic E-state index is 12.5. The van der Waals surface area contributed by atoms with Gasteiger partial charge in [0.25, 0.3) is 0 Å². The average molecular weight is 467 g/mol. The number of amides is 1. The molecule has 1 fully saturated rings. The molecule has 0 aliphatic carbocycles. The first-order valence-corrected chi connectivity index (χ1v) is 11.6. The molecule has 1 aliphatic heterocycles. The van der Waals surface area contributed by atoms with E-state index < -0.39 is 0 Å². The zero-order chi connectivity index (χ0) is 23.9. The van der Waals surface area contributed by atoms with Gasteiger partial charge in [-0.1, -0.05) is 24.3 Å². The molecule has 1 N–H and O–H groups in total. The van der Waals surface area contributed by atoms with E-state index in [9.17, 15) is 4.79 Å².